The molecule has 150 valence electrons. The first-order chi connectivity index (χ1) is 14.1. The van der Waals surface area contributed by atoms with Crippen molar-refractivity contribution in [3.63, 3.8) is 0 Å². The van der Waals surface area contributed by atoms with Crippen molar-refractivity contribution in [1.82, 2.24) is 4.98 Å². The summed E-state index contributed by atoms with van der Waals surface area (Å²) < 4.78 is 5.81. The van der Waals surface area contributed by atoms with Crippen LogP contribution in [0, 0.1) is 13.8 Å². The highest BCUT2D eigenvalue weighted by molar-refractivity contribution is 7.16. The third-order valence-electron chi connectivity index (χ3n) is 4.44. The molecule has 0 atom stereocenters. The predicted molar refractivity (Wildman–Crippen MR) is 122 cm³/mol. The lowest BCUT2D eigenvalue weighted by Crippen LogP contribution is -2.07. The quantitative estimate of drug-likeness (QED) is 0.355. The molecule has 2 aromatic carbocycles. The van der Waals surface area contributed by atoms with E-state index in [2.05, 4.69) is 48.4 Å². The first-order valence-electron chi connectivity index (χ1n) is 9.82. The van der Waals surface area contributed by atoms with E-state index in [0.717, 1.165) is 40.3 Å². The summed E-state index contributed by atoms with van der Waals surface area (Å²) >= 11 is 1.48. The van der Waals surface area contributed by atoms with Crippen molar-refractivity contribution >= 4 is 28.5 Å². The molecule has 0 fully saturated rings. The zero-order valence-corrected chi connectivity index (χ0v) is 17.9. The summed E-state index contributed by atoms with van der Waals surface area (Å²) in [6, 6.07) is 16.0. The number of anilines is 1. The van der Waals surface area contributed by atoms with Gasteiger partial charge in [-0.2, -0.15) is 0 Å². The average molecular weight is 407 g/mol. The Morgan fingerprint density at radius 1 is 1.14 bits per heavy atom. The monoisotopic (exact) mass is 406 g/mol. The van der Waals surface area contributed by atoms with Crippen LogP contribution in [0.1, 0.15) is 35.8 Å². The Balaban J connectivity index is 1.67. The molecule has 0 saturated carbocycles. The van der Waals surface area contributed by atoms with Crippen LogP contribution in [0.25, 0.3) is 17.3 Å². The number of nitrogens with zero attached hydrogens (tertiary/aromatic N) is 1. The Kier molecular flexibility index (Phi) is 7.19. The van der Waals surface area contributed by atoms with Crippen LogP contribution >= 0.6 is 11.3 Å². The van der Waals surface area contributed by atoms with Gasteiger partial charge in [-0.3, -0.25) is 10.1 Å². The normalized spacial score (nSPS) is 11.0. The van der Waals surface area contributed by atoms with Gasteiger partial charge in [0.15, 0.2) is 5.13 Å². The highest BCUT2D eigenvalue weighted by Crippen LogP contribution is 2.30. The number of unbranched alkanes of at least 4 members (excludes halogenated alkanes) is 1. The number of para-hydroxylation sites is 1. The van der Waals surface area contributed by atoms with Crippen LogP contribution in [0.3, 0.4) is 0 Å². The summed E-state index contributed by atoms with van der Waals surface area (Å²) in [5.74, 6) is 0.578. The highest BCUT2D eigenvalue weighted by atomic mass is 32.1. The fourth-order valence-corrected chi connectivity index (χ4v) is 3.66. The first kappa shape index (κ1) is 20.8. The Labute approximate surface area is 176 Å². The molecular weight excluding hydrogens is 380 g/mol. The molecule has 0 radical (unpaired) electrons. The number of hydrogen-bond acceptors (Lipinski definition) is 4. The van der Waals surface area contributed by atoms with Gasteiger partial charge in [0.1, 0.15) is 5.75 Å². The number of ether oxygens (including phenoxy) is 1. The molecule has 0 unspecified atom stereocenters. The van der Waals surface area contributed by atoms with Gasteiger partial charge in [0.05, 0.1) is 12.3 Å². The minimum atomic E-state index is -0.211. The summed E-state index contributed by atoms with van der Waals surface area (Å²) in [6.45, 7) is 6.88. The predicted octanol–water partition coefficient (Wildman–Crippen LogP) is 6.26. The number of carbonyl (C=O) groups is 1. The Morgan fingerprint density at radius 2 is 1.90 bits per heavy atom. The standard InChI is InChI=1S/C24H26N2O2S/c1-4-5-16-28-21-9-7-6-8-19(21)14-15-22(27)25-24-26-23(18(3)29-24)20-12-10-17(2)11-13-20/h6-15H,4-5,16H2,1-3H3,(H,25,26,27)/b15-14+. The molecule has 5 heteroatoms. The van der Waals surface area contributed by atoms with Crippen LogP contribution in [-0.2, 0) is 4.79 Å². The Morgan fingerprint density at radius 3 is 2.66 bits per heavy atom. The van der Waals surface area contributed by atoms with E-state index >= 15 is 0 Å². The first-order valence-corrected chi connectivity index (χ1v) is 10.6. The molecule has 0 aliphatic carbocycles. The maximum absolute atomic E-state index is 12.4. The summed E-state index contributed by atoms with van der Waals surface area (Å²) in [5, 5.41) is 3.46. The zero-order chi connectivity index (χ0) is 20.6. The van der Waals surface area contributed by atoms with Crippen LogP contribution in [-0.4, -0.2) is 17.5 Å². The fourth-order valence-electron chi connectivity index (χ4n) is 2.82. The van der Waals surface area contributed by atoms with Crippen molar-refractivity contribution in [1.29, 1.82) is 0 Å². The maximum Gasteiger partial charge on any atom is 0.250 e. The SMILES string of the molecule is CCCCOc1ccccc1/C=C/C(=O)Nc1nc(-c2ccc(C)cc2)c(C)s1. The van der Waals surface area contributed by atoms with Gasteiger partial charge in [-0.1, -0.05) is 61.4 Å². The topological polar surface area (TPSA) is 51.2 Å². The number of nitrogens with one attached hydrogen (secondary N) is 1. The van der Waals surface area contributed by atoms with E-state index in [1.165, 1.54) is 23.0 Å². The molecule has 0 saturated heterocycles. The van der Waals surface area contributed by atoms with Crippen molar-refractivity contribution in [2.75, 3.05) is 11.9 Å². The van der Waals surface area contributed by atoms with Crippen LogP contribution < -0.4 is 10.1 Å². The van der Waals surface area contributed by atoms with Gasteiger partial charge in [-0.25, -0.2) is 4.98 Å². The third kappa shape index (κ3) is 5.78. The molecule has 1 N–H and O–H groups in total. The summed E-state index contributed by atoms with van der Waals surface area (Å²) in [7, 11) is 0. The lowest BCUT2D eigenvalue weighted by molar-refractivity contribution is -0.111. The number of carbonyl (C=O) groups excluding carboxylic acids is 1. The van der Waals surface area contributed by atoms with Gasteiger partial charge in [0.2, 0.25) is 5.91 Å². The van der Waals surface area contributed by atoms with E-state index < -0.39 is 0 Å². The van der Waals surface area contributed by atoms with Crippen molar-refractivity contribution in [3.05, 3.63) is 70.6 Å². The van der Waals surface area contributed by atoms with Gasteiger partial charge in [-0.15, -0.1) is 11.3 Å². The van der Waals surface area contributed by atoms with Gasteiger partial charge >= 0.3 is 0 Å². The zero-order valence-electron chi connectivity index (χ0n) is 17.1. The summed E-state index contributed by atoms with van der Waals surface area (Å²) in [6.07, 6.45) is 5.38. The molecule has 0 bridgehead atoms. The minimum Gasteiger partial charge on any atom is -0.493 e. The number of hydrogen-bond donors (Lipinski definition) is 1. The molecule has 4 nitrogen and oxygen atoms in total. The van der Waals surface area contributed by atoms with Gasteiger partial charge < -0.3 is 4.74 Å². The van der Waals surface area contributed by atoms with Crippen LogP contribution in [0.5, 0.6) is 5.75 Å². The average Bonchev–Trinajstić information content (AvgIpc) is 3.08. The van der Waals surface area contributed by atoms with Crippen molar-refractivity contribution < 1.29 is 9.53 Å². The second kappa shape index (κ2) is 10.0. The van der Waals surface area contributed by atoms with E-state index in [1.807, 2.05) is 31.2 Å². The van der Waals surface area contributed by atoms with E-state index in [9.17, 15) is 4.79 Å². The lowest BCUT2D eigenvalue weighted by Gasteiger charge is -2.08. The second-order valence-corrected chi connectivity index (χ2v) is 8.06. The van der Waals surface area contributed by atoms with Crippen LogP contribution in [0.2, 0.25) is 0 Å². The number of rotatable bonds is 8. The number of aromatic nitrogens is 1. The van der Waals surface area contributed by atoms with E-state index in [1.54, 1.807) is 6.08 Å². The molecule has 1 amide bonds. The Hall–Kier alpha value is -2.92. The lowest BCUT2D eigenvalue weighted by atomic mass is 10.1. The largest absolute Gasteiger partial charge is 0.493 e. The number of thiazole rings is 1. The molecule has 29 heavy (non-hydrogen) atoms. The minimum absolute atomic E-state index is 0.211. The highest BCUT2D eigenvalue weighted by Gasteiger charge is 2.11. The molecule has 3 aromatic rings. The smallest absolute Gasteiger partial charge is 0.250 e. The van der Waals surface area contributed by atoms with Crippen molar-refractivity contribution in [2.24, 2.45) is 0 Å². The number of amides is 1. The van der Waals surface area contributed by atoms with E-state index in [0.29, 0.717) is 11.7 Å². The third-order valence-corrected chi connectivity index (χ3v) is 5.33. The molecule has 3 rings (SSSR count). The molecular formula is C24H26N2O2S. The van der Waals surface area contributed by atoms with Crippen molar-refractivity contribution in [3.8, 4) is 17.0 Å². The summed E-state index contributed by atoms with van der Waals surface area (Å²) in [5.41, 5.74) is 4.05. The van der Waals surface area contributed by atoms with Crippen LogP contribution in [0.15, 0.2) is 54.6 Å². The van der Waals surface area contributed by atoms with Gasteiger partial charge in [0.25, 0.3) is 0 Å². The molecule has 1 heterocycles. The molecule has 0 aliphatic rings. The fraction of sp³-hybridized carbons (Fsp3) is 0.250. The number of aryl methyl sites for hydroxylation is 2. The molecule has 0 aliphatic heterocycles. The van der Waals surface area contributed by atoms with E-state index in [-0.39, 0.29) is 5.91 Å². The van der Waals surface area contributed by atoms with Crippen LogP contribution in [0.4, 0.5) is 5.13 Å². The summed E-state index contributed by atoms with van der Waals surface area (Å²) in [4.78, 5) is 18.1. The van der Waals surface area contributed by atoms with Gasteiger partial charge in [0, 0.05) is 22.1 Å². The molecule has 0 spiro atoms. The maximum atomic E-state index is 12.4. The van der Waals surface area contributed by atoms with E-state index in [4.69, 9.17) is 4.74 Å². The van der Waals surface area contributed by atoms with Gasteiger partial charge in [-0.05, 0) is 32.4 Å². The Bertz CT molecular complexity index is 990. The van der Waals surface area contributed by atoms with Crippen molar-refractivity contribution in [2.45, 2.75) is 33.6 Å². The second-order valence-electron chi connectivity index (χ2n) is 6.85. The molecule has 1 aromatic heterocycles. The number of benzene rings is 2.